The van der Waals surface area contributed by atoms with E-state index in [0.29, 0.717) is 13.0 Å². The molecule has 1 fully saturated rings. The van der Waals surface area contributed by atoms with Gasteiger partial charge in [-0.15, -0.1) is 0 Å². The number of para-hydroxylation sites is 1. The van der Waals surface area contributed by atoms with Crippen LogP contribution < -0.4 is 5.32 Å². The number of hydrogen-bond acceptors (Lipinski definition) is 5. The number of amides is 1. The molecule has 1 amide bonds. The molecule has 1 atom stereocenters. The van der Waals surface area contributed by atoms with Gasteiger partial charge in [-0.2, -0.15) is 0 Å². The second-order valence-corrected chi connectivity index (χ2v) is 9.29. The molecule has 1 aliphatic rings. The zero-order valence-corrected chi connectivity index (χ0v) is 18.4. The summed E-state index contributed by atoms with van der Waals surface area (Å²) in [6.45, 7) is 7.71. The van der Waals surface area contributed by atoms with Crippen LogP contribution in [0.3, 0.4) is 0 Å². The van der Waals surface area contributed by atoms with E-state index in [1.54, 1.807) is 6.20 Å². The van der Waals surface area contributed by atoms with Crippen molar-refractivity contribution in [2.45, 2.75) is 39.5 Å². The largest absolute Gasteiger partial charge is 0.342 e. The maximum atomic E-state index is 12.7. The summed E-state index contributed by atoms with van der Waals surface area (Å²) in [6, 6.07) is 15.8. The second-order valence-electron chi connectivity index (χ2n) is 9.29. The van der Waals surface area contributed by atoms with E-state index in [4.69, 9.17) is 9.97 Å². The first-order chi connectivity index (χ1) is 14.9. The summed E-state index contributed by atoms with van der Waals surface area (Å²) >= 11 is 0. The van der Waals surface area contributed by atoms with Crippen LogP contribution in [0.1, 0.15) is 45.4 Å². The summed E-state index contributed by atoms with van der Waals surface area (Å²) in [4.78, 5) is 28.6. The average molecular weight is 416 g/mol. The Kier molecular flexibility index (Phi) is 5.98. The number of aromatic nitrogens is 3. The Balaban J connectivity index is 1.61. The fourth-order valence-electron chi connectivity index (χ4n) is 3.81. The molecular weight excluding hydrogens is 386 g/mol. The summed E-state index contributed by atoms with van der Waals surface area (Å²) in [7, 11) is 0. The first-order valence-corrected chi connectivity index (χ1v) is 10.8. The number of benzene rings is 1. The fraction of sp³-hybridized carbons (Fsp3) is 0.360. The van der Waals surface area contributed by atoms with Gasteiger partial charge in [-0.05, 0) is 36.1 Å². The summed E-state index contributed by atoms with van der Waals surface area (Å²) < 4.78 is 0. The topological polar surface area (TPSA) is 71.0 Å². The van der Waals surface area contributed by atoms with E-state index in [0.717, 1.165) is 41.6 Å². The Hall–Kier alpha value is -3.28. The molecule has 1 N–H and O–H groups in total. The van der Waals surface area contributed by atoms with E-state index in [9.17, 15) is 4.79 Å². The van der Waals surface area contributed by atoms with Gasteiger partial charge >= 0.3 is 0 Å². The van der Waals surface area contributed by atoms with Gasteiger partial charge in [0.2, 0.25) is 5.91 Å². The number of pyridine rings is 1. The van der Waals surface area contributed by atoms with Gasteiger partial charge < -0.3 is 10.2 Å². The molecule has 2 aromatic heterocycles. The molecule has 3 aromatic rings. The Bertz CT molecular complexity index is 1030. The highest BCUT2D eigenvalue weighted by Gasteiger charge is 2.31. The van der Waals surface area contributed by atoms with Crippen LogP contribution in [0.2, 0.25) is 0 Å². The first-order valence-electron chi connectivity index (χ1n) is 10.8. The molecule has 3 heterocycles. The van der Waals surface area contributed by atoms with Crippen LogP contribution in [0.25, 0.3) is 11.3 Å². The van der Waals surface area contributed by atoms with E-state index in [1.165, 1.54) is 0 Å². The average Bonchev–Trinajstić information content (AvgIpc) is 3.24. The summed E-state index contributed by atoms with van der Waals surface area (Å²) in [6.07, 6.45) is 4.99. The number of nitrogens with one attached hydrogen (secondary N) is 1. The molecule has 0 aliphatic carbocycles. The normalized spacial score (nSPS) is 16.4. The van der Waals surface area contributed by atoms with Crippen molar-refractivity contribution >= 4 is 17.4 Å². The van der Waals surface area contributed by atoms with E-state index in [2.05, 4.69) is 31.1 Å². The van der Waals surface area contributed by atoms with Gasteiger partial charge in [0.25, 0.3) is 0 Å². The van der Waals surface area contributed by atoms with Gasteiger partial charge in [0.05, 0.1) is 5.69 Å². The third kappa shape index (κ3) is 5.45. The number of hydrogen-bond donors (Lipinski definition) is 1. The molecule has 0 saturated carbocycles. The lowest BCUT2D eigenvalue weighted by Crippen LogP contribution is -2.31. The minimum Gasteiger partial charge on any atom is -0.342 e. The van der Waals surface area contributed by atoms with E-state index >= 15 is 0 Å². The highest BCUT2D eigenvalue weighted by molar-refractivity contribution is 5.77. The predicted molar refractivity (Wildman–Crippen MR) is 123 cm³/mol. The van der Waals surface area contributed by atoms with Crippen LogP contribution in [0.15, 0.2) is 60.9 Å². The fourth-order valence-corrected chi connectivity index (χ4v) is 3.81. The number of carbonyl (C=O) groups is 1. The molecule has 4 rings (SSSR count). The van der Waals surface area contributed by atoms with Crippen LogP contribution in [-0.4, -0.2) is 38.8 Å². The number of likely N-dealkylation sites (tertiary alicyclic amines) is 1. The van der Waals surface area contributed by atoms with Crippen molar-refractivity contribution in [3.8, 4) is 11.3 Å². The quantitative estimate of drug-likeness (QED) is 0.632. The van der Waals surface area contributed by atoms with Crippen molar-refractivity contribution < 1.29 is 4.79 Å². The van der Waals surface area contributed by atoms with Gasteiger partial charge in [-0.3, -0.25) is 9.78 Å². The summed E-state index contributed by atoms with van der Waals surface area (Å²) in [5.41, 5.74) is 2.73. The van der Waals surface area contributed by atoms with Crippen LogP contribution in [0.5, 0.6) is 0 Å². The van der Waals surface area contributed by atoms with Crippen molar-refractivity contribution in [1.82, 2.24) is 19.9 Å². The summed E-state index contributed by atoms with van der Waals surface area (Å²) in [5, 5.41) is 3.39. The van der Waals surface area contributed by atoms with Gasteiger partial charge in [-0.25, -0.2) is 9.97 Å². The standard InChI is InChI=1S/C25H29N5O/c1-25(2,3)15-23(31)30-13-11-19(17-30)24-28-21(18-8-7-12-26-16-18)14-22(29-24)27-20-9-5-4-6-10-20/h4-10,12,14,16,19H,11,13,15,17H2,1-3H3,(H,27,28,29)/t19-/m1/s1. The lowest BCUT2D eigenvalue weighted by atomic mass is 9.92. The van der Waals surface area contributed by atoms with E-state index < -0.39 is 0 Å². The molecular formula is C25H29N5O. The molecule has 31 heavy (non-hydrogen) atoms. The third-order valence-corrected chi connectivity index (χ3v) is 5.33. The Morgan fingerprint density at radius 3 is 2.65 bits per heavy atom. The molecule has 0 bridgehead atoms. The van der Waals surface area contributed by atoms with Crippen molar-refractivity contribution in [2.75, 3.05) is 18.4 Å². The van der Waals surface area contributed by atoms with Gasteiger partial charge in [0.15, 0.2) is 0 Å². The van der Waals surface area contributed by atoms with E-state index in [-0.39, 0.29) is 17.2 Å². The molecule has 160 valence electrons. The zero-order valence-electron chi connectivity index (χ0n) is 18.4. The Morgan fingerprint density at radius 1 is 1.13 bits per heavy atom. The van der Waals surface area contributed by atoms with Crippen molar-refractivity contribution in [3.05, 3.63) is 66.7 Å². The summed E-state index contributed by atoms with van der Waals surface area (Å²) in [5.74, 6) is 1.85. The van der Waals surface area contributed by atoms with Crippen molar-refractivity contribution in [3.63, 3.8) is 0 Å². The number of anilines is 2. The number of rotatable bonds is 5. The smallest absolute Gasteiger partial charge is 0.223 e. The predicted octanol–water partition coefficient (Wildman–Crippen LogP) is 5.03. The maximum Gasteiger partial charge on any atom is 0.223 e. The van der Waals surface area contributed by atoms with Crippen molar-refractivity contribution in [2.24, 2.45) is 5.41 Å². The number of carbonyl (C=O) groups excluding carboxylic acids is 1. The molecule has 0 spiro atoms. The highest BCUT2D eigenvalue weighted by Crippen LogP contribution is 2.30. The molecule has 0 unspecified atom stereocenters. The third-order valence-electron chi connectivity index (χ3n) is 5.33. The molecule has 6 nitrogen and oxygen atoms in total. The Morgan fingerprint density at radius 2 is 1.94 bits per heavy atom. The molecule has 1 aliphatic heterocycles. The van der Waals surface area contributed by atoms with Crippen LogP contribution in [0, 0.1) is 5.41 Å². The highest BCUT2D eigenvalue weighted by atomic mass is 16.2. The lowest BCUT2D eigenvalue weighted by molar-refractivity contribution is -0.132. The zero-order chi connectivity index (χ0) is 21.8. The number of nitrogens with zero attached hydrogens (tertiary/aromatic N) is 4. The molecule has 1 aromatic carbocycles. The molecule has 0 radical (unpaired) electrons. The second kappa shape index (κ2) is 8.84. The van der Waals surface area contributed by atoms with Gasteiger partial charge in [-0.1, -0.05) is 39.0 Å². The molecule has 6 heteroatoms. The first kappa shape index (κ1) is 21.0. The van der Waals surface area contributed by atoms with Crippen LogP contribution in [-0.2, 0) is 4.79 Å². The molecule has 1 saturated heterocycles. The van der Waals surface area contributed by atoms with Crippen molar-refractivity contribution in [1.29, 1.82) is 0 Å². The SMILES string of the molecule is CC(C)(C)CC(=O)N1CC[C@@H](c2nc(Nc3ccccc3)cc(-c3cccnc3)n2)C1. The monoisotopic (exact) mass is 415 g/mol. The van der Waals surface area contributed by atoms with E-state index in [1.807, 2.05) is 59.6 Å². The van der Waals surface area contributed by atoms with Gasteiger partial charge in [0, 0.05) is 55.1 Å². The Labute approximate surface area is 183 Å². The minimum absolute atomic E-state index is 0.0152. The van der Waals surface area contributed by atoms with Crippen LogP contribution >= 0.6 is 0 Å². The van der Waals surface area contributed by atoms with Crippen LogP contribution in [0.4, 0.5) is 11.5 Å². The maximum absolute atomic E-state index is 12.7. The lowest BCUT2D eigenvalue weighted by Gasteiger charge is -2.23. The minimum atomic E-state index is -0.0152. The van der Waals surface area contributed by atoms with Gasteiger partial charge in [0.1, 0.15) is 11.6 Å².